The summed E-state index contributed by atoms with van der Waals surface area (Å²) in [5.41, 5.74) is 10.2. The number of ether oxygens (including phenoxy) is 1. The van der Waals surface area contributed by atoms with Crippen molar-refractivity contribution in [1.29, 1.82) is 0 Å². The summed E-state index contributed by atoms with van der Waals surface area (Å²) < 4.78 is 7.15. The fourth-order valence-corrected chi connectivity index (χ4v) is 4.48. The number of unbranched alkanes of at least 4 members (excludes halogenated alkanes) is 1. The van der Waals surface area contributed by atoms with Gasteiger partial charge in [0.1, 0.15) is 11.3 Å². The van der Waals surface area contributed by atoms with Gasteiger partial charge in [-0.1, -0.05) is 39.3 Å². The maximum atomic E-state index is 11.6. The van der Waals surface area contributed by atoms with E-state index in [0.29, 0.717) is 18.7 Å². The van der Waals surface area contributed by atoms with Gasteiger partial charge in [-0.05, 0) is 50.4 Å². The van der Waals surface area contributed by atoms with E-state index in [9.17, 15) is 4.79 Å². The van der Waals surface area contributed by atoms with Crippen LogP contribution in [0.5, 0.6) is 0 Å². The monoisotopic (exact) mass is 453 g/mol. The second kappa shape index (κ2) is 12.0. The van der Waals surface area contributed by atoms with E-state index in [4.69, 9.17) is 15.5 Å². The minimum Gasteiger partial charge on any atom is -0.469 e. The van der Waals surface area contributed by atoms with E-state index in [1.165, 1.54) is 7.11 Å². The summed E-state index contributed by atoms with van der Waals surface area (Å²) in [5, 5.41) is 1.06. The van der Waals surface area contributed by atoms with Gasteiger partial charge in [-0.3, -0.25) is 4.79 Å². The molecule has 0 aliphatic rings. The van der Waals surface area contributed by atoms with Crippen LogP contribution in [0.1, 0.15) is 64.3 Å². The Bertz CT molecular complexity index is 1070. The second-order valence-corrected chi connectivity index (χ2v) is 8.75. The molecule has 33 heavy (non-hydrogen) atoms. The van der Waals surface area contributed by atoms with Gasteiger partial charge in [0.15, 0.2) is 5.82 Å². The highest BCUT2D eigenvalue weighted by Crippen LogP contribution is 2.30. The van der Waals surface area contributed by atoms with Crippen molar-refractivity contribution in [2.24, 2.45) is 0 Å². The summed E-state index contributed by atoms with van der Waals surface area (Å²) in [4.78, 5) is 23.7. The molecule has 0 fully saturated rings. The Morgan fingerprint density at radius 1 is 1.06 bits per heavy atom. The van der Waals surface area contributed by atoms with Crippen molar-refractivity contribution in [2.75, 3.05) is 32.5 Å². The van der Waals surface area contributed by atoms with Gasteiger partial charge in [-0.25, -0.2) is 9.97 Å². The number of esters is 1. The molecule has 0 unspecified atom stereocenters. The Balaban J connectivity index is 2.04. The first-order chi connectivity index (χ1) is 16.0. The molecule has 0 saturated carbocycles. The molecule has 180 valence electrons. The number of methoxy groups -OCH3 is 1. The molecule has 3 aromatic rings. The number of hydrogen-bond donors (Lipinski definition) is 1. The molecule has 0 atom stereocenters. The van der Waals surface area contributed by atoms with Crippen molar-refractivity contribution in [3.8, 4) is 0 Å². The van der Waals surface area contributed by atoms with Gasteiger partial charge in [-0.2, -0.15) is 0 Å². The normalized spacial score (nSPS) is 11.7. The first-order valence-corrected chi connectivity index (χ1v) is 12.4. The zero-order chi connectivity index (χ0) is 23.8. The molecular formula is C26H39N5O2. The summed E-state index contributed by atoms with van der Waals surface area (Å²) in [6.07, 6.45) is 6.43. The van der Waals surface area contributed by atoms with Gasteiger partial charge < -0.3 is 19.9 Å². The van der Waals surface area contributed by atoms with E-state index in [-0.39, 0.29) is 5.97 Å². The Morgan fingerprint density at radius 2 is 1.82 bits per heavy atom. The van der Waals surface area contributed by atoms with Crippen molar-refractivity contribution in [2.45, 2.75) is 72.3 Å². The molecule has 0 amide bonds. The van der Waals surface area contributed by atoms with Gasteiger partial charge in [0, 0.05) is 31.3 Å². The fraction of sp³-hybridized carbons (Fsp3) is 0.577. The molecule has 0 bridgehead atoms. The number of hydrogen-bond acceptors (Lipinski definition) is 6. The standard InChI is InChI=1S/C26H39N5O2/c1-5-8-9-22-29-24-25(31(22)17-16-30(14-6-2)15-7-3)20-12-10-19(11-13-23(32)33-4)18-21(20)28-26(24)27/h10,12,18H,5-9,11,13-17H2,1-4H3,(H2,27,28). The van der Waals surface area contributed by atoms with E-state index < -0.39 is 0 Å². The molecule has 0 spiro atoms. The molecule has 0 radical (unpaired) electrons. The molecule has 0 aliphatic heterocycles. The molecule has 0 aliphatic carbocycles. The van der Waals surface area contributed by atoms with Crippen molar-refractivity contribution < 1.29 is 9.53 Å². The number of nitrogens with zero attached hydrogens (tertiary/aromatic N) is 4. The first-order valence-electron chi connectivity index (χ1n) is 12.4. The van der Waals surface area contributed by atoms with Crippen LogP contribution in [0.4, 0.5) is 5.82 Å². The van der Waals surface area contributed by atoms with Crippen LogP contribution in [-0.2, 0) is 28.9 Å². The number of nitrogen functional groups attached to an aromatic ring is 1. The number of imidazole rings is 1. The number of nitrogens with two attached hydrogens (primary N) is 1. The summed E-state index contributed by atoms with van der Waals surface area (Å²) >= 11 is 0. The van der Waals surface area contributed by atoms with E-state index >= 15 is 0 Å². The molecular weight excluding hydrogens is 414 g/mol. The van der Waals surface area contributed by atoms with Crippen molar-refractivity contribution in [3.05, 3.63) is 29.6 Å². The fourth-order valence-electron chi connectivity index (χ4n) is 4.48. The van der Waals surface area contributed by atoms with Crippen LogP contribution >= 0.6 is 0 Å². The maximum absolute atomic E-state index is 11.6. The number of aryl methyl sites for hydroxylation is 2. The van der Waals surface area contributed by atoms with Crippen molar-refractivity contribution in [3.63, 3.8) is 0 Å². The molecule has 7 nitrogen and oxygen atoms in total. The smallest absolute Gasteiger partial charge is 0.305 e. The van der Waals surface area contributed by atoms with E-state index in [1.807, 2.05) is 6.07 Å². The molecule has 3 rings (SSSR count). The summed E-state index contributed by atoms with van der Waals surface area (Å²) in [6.45, 7) is 10.8. The number of carbonyl (C=O) groups excluding carboxylic acids is 1. The van der Waals surface area contributed by atoms with Crippen LogP contribution in [-0.4, -0.2) is 52.1 Å². The van der Waals surface area contributed by atoms with Crippen molar-refractivity contribution in [1.82, 2.24) is 19.4 Å². The number of rotatable bonds is 13. The number of pyridine rings is 1. The molecule has 0 saturated heterocycles. The SMILES string of the molecule is CCCCc1nc2c(N)nc3cc(CCC(=O)OC)ccc3c2n1CCN(CCC)CCC. The Labute approximate surface area is 197 Å². The zero-order valence-corrected chi connectivity index (χ0v) is 20.7. The highest BCUT2D eigenvalue weighted by molar-refractivity contribution is 6.06. The second-order valence-electron chi connectivity index (χ2n) is 8.75. The zero-order valence-electron chi connectivity index (χ0n) is 20.7. The average Bonchev–Trinajstić information content (AvgIpc) is 3.18. The van der Waals surface area contributed by atoms with Gasteiger partial charge in [0.2, 0.25) is 0 Å². The number of aromatic nitrogens is 3. The molecule has 2 aromatic heterocycles. The minimum atomic E-state index is -0.208. The van der Waals surface area contributed by atoms with Crippen LogP contribution in [0.3, 0.4) is 0 Å². The molecule has 1 aromatic carbocycles. The predicted octanol–water partition coefficient (Wildman–Crippen LogP) is 4.74. The van der Waals surface area contributed by atoms with Gasteiger partial charge >= 0.3 is 5.97 Å². The maximum Gasteiger partial charge on any atom is 0.305 e. The quantitative estimate of drug-likeness (QED) is 0.376. The van der Waals surface area contributed by atoms with Crippen LogP contribution in [0.2, 0.25) is 0 Å². The lowest BCUT2D eigenvalue weighted by Crippen LogP contribution is -2.29. The van der Waals surface area contributed by atoms with E-state index in [1.54, 1.807) is 0 Å². The van der Waals surface area contributed by atoms with Gasteiger partial charge in [-0.15, -0.1) is 0 Å². The van der Waals surface area contributed by atoms with E-state index in [2.05, 4.69) is 47.4 Å². The first kappa shape index (κ1) is 25.0. The predicted molar refractivity (Wildman–Crippen MR) is 135 cm³/mol. The Morgan fingerprint density at radius 3 is 2.48 bits per heavy atom. The third kappa shape index (κ3) is 6.02. The lowest BCUT2D eigenvalue weighted by Gasteiger charge is -2.22. The van der Waals surface area contributed by atoms with Crippen LogP contribution in [0.25, 0.3) is 21.9 Å². The molecule has 2 heterocycles. The highest BCUT2D eigenvalue weighted by Gasteiger charge is 2.18. The number of fused-ring (bicyclic) bond motifs is 3. The Kier molecular flexibility index (Phi) is 9.06. The number of anilines is 1. The Hall–Kier alpha value is -2.67. The largest absolute Gasteiger partial charge is 0.469 e. The summed E-state index contributed by atoms with van der Waals surface area (Å²) in [6, 6.07) is 6.22. The van der Waals surface area contributed by atoms with Crippen LogP contribution in [0, 0.1) is 0 Å². The third-order valence-electron chi connectivity index (χ3n) is 6.17. The van der Waals surface area contributed by atoms with Crippen LogP contribution < -0.4 is 5.73 Å². The molecule has 2 N–H and O–H groups in total. The lowest BCUT2D eigenvalue weighted by atomic mass is 10.1. The number of benzene rings is 1. The highest BCUT2D eigenvalue weighted by atomic mass is 16.5. The minimum absolute atomic E-state index is 0.208. The molecule has 7 heteroatoms. The average molecular weight is 454 g/mol. The van der Waals surface area contributed by atoms with Crippen molar-refractivity contribution >= 4 is 33.7 Å². The lowest BCUT2D eigenvalue weighted by molar-refractivity contribution is -0.140. The number of carbonyl (C=O) groups is 1. The van der Waals surface area contributed by atoms with Crippen LogP contribution in [0.15, 0.2) is 18.2 Å². The van der Waals surface area contributed by atoms with E-state index in [0.717, 1.165) is 91.6 Å². The summed E-state index contributed by atoms with van der Waals surface area (Å²) in [5.74, 6) is 1.36. The third-order valence-corrected chi connectivity index (χ3v) is 6.17. The topological polar surface area (TPSA) is 86.3 Å². The summed E-state index contributed by atoms with van der Waals surface area (Å²) in [7, 11) is 1.42. The van der Waals surface area contributed by atoms with Gasteiger partial charge in [0.25, 0.3) is 0 Å². The van der Waals surface area contributed by atoms with Gasteiger partial charge in [0.05, 0.1) is 18.1 Å².